The first kappa shape index (κ1) is 24.9. The second kappa shape index (κ2) is 12.5. The molecule has 3 rings (SSSR count). The van der Waals surface area contributed by atoms with Gasteiger partial charge in [-0.1, -0.05) is 75.4 Å². The summed E-state index contributed by atoms with van der Waals surface area (Å²) < 4.78 is 0. The van der Waals surface area contributed by atoms with Gasteiger partial charge in [-0.15, -0.1) is 0 Å². The van der Waals surface area contributed by atoms with Crippen molar-refractivity contribution < 1.29 is 0 Å². The highest BCUT2D eigenvalue weighted by Crippen LogP contribution is 2.23. The number of nitrogens with two attached hydrogens (primary N) is 1. The smallest absolute Gasteiger partial charge is 0.0237 e. The number of hydrogen-bond donors (Lipinski definition) is 1. The Balaban J connectivity index is 1.52. The van der Waals surface area contributed by atoms with Crippen LogP contribution in [0.25, 0.3) is 0 Å². The van der Waals surface area contributed by atoms with Gasteiger partial charge in [0.2, 0.25) is 0 Å². The molecule has 176 valence electrons. The van der Waals surface area contributed by atoms with Crippen LogP contribution in [-0.2, 0) is 18.5 Å². The molecule has 1 aliphatic heterocycles. The lowest BCUT2D eigenvalue weighted by atomic mass is 9.87. The van der Waals surface area contributed by atoms with Gasteiger partial charge in [0.15, 0.2) is 0 Å². The van der Waals surface area contributed by atoms with Crippen LogP contribution in [0.1, 0.15) is 50.3 Å². The lowest BCUT2D eigenvalue weighted by molar-refractivity contribution is 0.125. The molecule has 1 heterocycles. The maximum Gasteiger partial charge on any atom is 0.0237 e. The number of benzene rings is 2. The monoisotopic (exact) mass is 436 g/mol. The van der Waals surface area contributed by atoms with E-state index in [1.54, 1.807) is 0 Å². The van der Waals surface area contributed by atoms with E-state index in [4.69, 9.17) is 5.73 Å². The Morgan fingerprint density at radius 3 is 1.81 bits per heavy atom. The van der Waals surface area contributed by atoms with Gasteiger partial charge in [-0.3, -0.25) is 4.90 Å². The predicted molar refractivity (Wildman–Crippen MR) is 137 cm³/mol. The number of hydrogen-bond acceptors (Lipinski definition) is 4. The first-order chi connectivity index (χ1) is 15.4. The van der Waals surface area contributed by atoms with E-state index in [1.165, 1.54) is 55.8 Å². The van der Waals surface area contributed by atoms with Crippen LogP contribution in [0.4, 0.5) is 0 Å². The zero-order chi connectivity index (χ0) is 22.8. The topological polar surface area (TPSA) is 35.7 Å². The molecule has 2 aromatic rings. The maximum absolute atomic E-state index is 5.66. The average molecular weight is 437 g/mol. The minimum Gasteiger partial charge on any atom is -0.330 e. The molecule has 1 saturated heterocycles. The number of piperazine rings is 1. The summed E-state index contributed by atoms with van der Waals surface area (Å²) in [6.45, 7) is 17.9. The molecule has 0 bridgehead atoms. The Morgan fingerprint density at radius 2 is 1.28 bits per heavy atom. The molecule has 0 radical (unpaired) electrons. The fourth-order valence-corrected chi connectivity index (χ4v) is 4.49. The zero-order valence-electron chi connectivity index (χ0n) is 20.6. The minimum atomic E-state index is 0.205. The molecule has 0 atom stereocenters. The maximum atomic E-state index is 5.66. The van der Waals surface area contributed by atoms with E-state index in [9.17, 15) is 0 Å². The van der Waals surface area contributed by atoms with Crippen LogP contribution in [0.3, 0.4) is 0 Å². The third-order valence-electron chi connectivity index (χ3n) is 6.57. The first-order valence-corrected chi connectivity index (χ1v) is 12.4. The molecule has 0 amide bonds. The van der Waals surface area contributed by atoms with Gasteiger partial charge in [-0.25, -0.2) is 0 Å². The van der Waals surface area contributed by atoms with Gasteiger partial charge >= 0.3 is 0 Å². The van der Waals surface area contributed by atoms with Crippen molar-refractivity contribution in [2.24, 2.45) is 5.73 Å². The lowest BCUT2D eigenvalue weighted by Gasteiger charge is -2.35. The molecule has 0 aliphatic carbocycles. The summed E-state index contributed by atoms with van der Waals surface area (Å²) in [6.07, 6.45) is 2.33. The van der Waals surface area contributed by atoms with E-state index in [2.05, 4.69) is 90.1 Å². The Hall–Kier alpha value is -1.72. The molecule has 4 heteroatoms. The molecule has 0 unspecified atom stereocenters. The molecular formula is C28H44N4. The normalized spacial score (nSPS) is 16.0. The highest BCUT2D eigenvalue weighted by atomic mass is 15.3. The Kier molecular flexibility index (Phi) is 9.73. The third kappa shape index (κ3) is 8.32. The molecule has 0 aromatic heterocycles. The van der Waals surface area contributed by atoms with E-state index in [1.807, 2.05) is 0 Å². The third-order valence-corrected chi connectivity index (χ3v) is 6.57. The van der Waals surface area contributed by atoms with Gasteiger partial charge in [-0.05, 0) is 54.6 Å². The van der Waals surface area contributed by atoms with Crippen LogP contribution in [0, 0.1) is 0 Å². The first-order valence-electron chi connectivity index (χ1n) is 12.4. The van der Waals surface area contributed by atoms with E-state index in [0.29, 0.717) is 0 Å². The largest absolute Gasteiger partial charge is 0.330 e. The lowest BCUT2D eigenvalue weighted by Crippen LogP contribution is -2.47. The zero-order valence-corrected chi connectivity index (χ0v) is 20.6. The predicted octanol–water partition coefficient (Wildman–Crippen LogP) is 4.34. The second-order valence-electron chi connectivity index (χ2n) is 10.3. The summed E-state index contributed by atoms with van der Waals surface area (Å²) in [4.78, 5) is 7.81. The highest BCUT2D eigenvalue weighted by Gasteiger charge is 2.17. The van der Waals surface area contributed by atoms with E-state index in [-0.39, 0.29) is 5.41 Å². The summed E-state index contributed by atoms with van der Waals surface area (Å²) in [6, 6.07) is 20.1. The van der Waals surface area contributed by atoms with E-state index in [0.717, 1.165) is 39.1 Å². The molecule has 0 spiro atoms. The Bertz CT molecular complexity index is 758. The van der Waals surface area contributed by atoms with Crippen molar-refractivity contribution in [3.05, 3.63) is 71.3 Å². The molecule has 0 saturated carbocycles. The standard InChI is InChI=1S/C28H44N4/c1-28(2,3)27-13-11-26(12-14-27)24-32(23-25-9-5-4-6-10-25)18-8-17-31-21-19-30(20-22-31)16-7-15-29/h4-6,9-14H,7-8,15-24,29H2,1-3H3. The van der Waals surface area contributed by atoms with Crippen molar-refractivity contribution in [1.82, 2.24) is 14.7 Å². The second-order valence-corrected chi connectivity index (χ2v) is 10.3. The van der Waals surface area contributed by atoms with Gasteiger partial charge < -0.3 is 15.5 Å². The van der Waals surface area contributed by atoms with Gasteiger partial charge in [0.25, 0.3) is 0 Å². The molecule has 1 fully saturated rings. The summed E-state index contributed by atoms with van der Waals surface area (Å²) in [5.41, 5.74) is 10.1. The van der Waals surface area contributed by atoms with Crippen LogP contribution < -0.4 is 5.73 Å². The number of nitrogens with zero attached hydrogens (tertiary/aromatic N) is 3. The SMILES string of the molecule is CC(C)(C)c1ccc(CN(CCCN2CCN(CCCN)CC2)Cc2ccccc2)cc1. The molecule has 2 N–H and O–H groups in total. The molecule has 2 aromatic carbocycles. The van der Waals surface area contributed by atoms with Gasteiger partial charge in [0.1, 0.15) is 0 Å². The molecule has 4 nitrogen and oxygen atoms in total. The van der Waals surface area contributed by atoms with Gasteiger partial charge in [-0.2, -0.15) is 0 Å². The average Bonchev–Trinajstić information content (AvgIpc) is 2.79. The summed E-state index contributed by atoms with van der Waals surface area (Å²) in [5, 5.41) is 0. The van der Waals surface area contributed by atoms with Crippen LogP contribution >= 0.6 is 0 Å². The summed E-state index contributed by atoms with van der Waals surface area (Å²) >= 11 is 0. The van der Waals surface area contributed by atoms with Crippen molar-refractivity contribution in [2.75, 3.05) is 52.4 Å². The molecule has 32 heavy (non-hydrogen) atoms. The number of rotatable bonds is 11. The Morgan fingerprint density at radius 1 is 0.750 bits per heavy atom. The summed E-state index contributed by atoms with van der Waals surface area (Å²) in [7, 11) is 0. The van der Waals surface area contributed by atoms with Crippen molar-refractivity contribution in [2.45, 2.75) is 52.1 Å². The molecular weight excluding hydrogens is 392 g/mol. The van der Waals surface area contributed by atoms with Crippen LogP contribution in [0.2, 0.25) is 0 Å². The van der Waals surface area contributed by atoms with Crippen molar-refractivity contribution in [3.63, 3.8) is 0 Å². The van der Waals surface area contributed by atoms with Crippen molar-refractivity contribution >= 4 is 0 Å². The fraction of sp³-hybridized carbons (Fsp3) is 0.571. The Labute approximate surface area is 196 Å². The highest BCUT2D eigenvalue weighted by molar-refractivity contribution is 5.27. The fourth-order valence-electron chi connectivity index (χ4n) is 4.49. The van der Waals surface area contributed by atoms with Gasteiger partial charge in [0, 0.05) is 45.8 Å². The quantitative estimate of drug-likeness (QED) is 0.568. The van der Waals surface area contributed by atoms with Crippen LogP contribution in [0.15, 0.2) is 54.6 Å². The van der Waals surface area contributed by atoms with Gasteiger partial charge in [0.05, 0.1) is 0 Å². The van der Waals surface area contributed by atoms with E-state index >= 15 is 0 Å². The van der Waals surface area contributed by atoms with Crippen molar-refractivity contribution in [3.8, 4) is 0 Å². The molecule has 1 aliphatic rings. The van der Waals surface area contributed by atoms with Crippen LogP contribution in [0.5, 0.6) is 0 Å². The summed E-state index contributed by atoms with van der Waals surface area (Å²) in [5.74, 6) is 0. The van der Waals surface area contributed by atoms with Crippen LogP contribution in [-0.4, -0.2) is 67.1 Å². The van der Waals surface area contributed by atoms with E-state index < -0.39 is 0 Å². The van der Waals surface area contributed by atoms with Crippen molar-refractivity contribution in [1.29, 1.82) is 0 Å². The minimum absolute atomic E-state index is 0.205.